The van der Waals surface area contributed by atoms with Gasteiger partial charge in [0.1, 0.15) is 0 Å². The van der Waals surface area contributed by atoms with E-state index in [1.807, 2.05) is 44.2 Å². The molecule has 0 radical (unpaired) electrons. The summed E-state index contributed by atoms with van der Waals surface area (Å²) in [6.45, 7) is 8.24. The van der Waals surface area contributed by atoms with Crippen molar-refractivity contribution in [3.63, 3.8) is 0 Å². The van der Waals surface area contributed by atoms with E-state index in [9.17, 15) is 4.79 Å². The maximum absolute atomic E-state index is 12.6. The van der Waals surface area contributed by atoms with E-state index in [1.165, 1.54) is 0 Å². The molecule has 1 atom stereocenters. The number of amides is 1. The van der Waals surface area contributed by atoms with Gasteiger partial charge in [0.05, 0.1) is 5.41 Å². The summed E-state index contributed by atoms with van der Waals surface area (Å²) in [6, 6.07) is 10.2. The third-order valence-electron chi connectivity index (χ3n) is 4.51. The number of benzene rings is 1. The average Bonchev–Trinajstić information content (AvgIpc) is 2.49. The Labute approximate surface area is 122 Å². The lowest BCUT2D eigenvalue weighted by atomic mass is 9.82. The number of rotatable bonds is 4. The predicted molar refractivity (Wildman–Crippen MR) is 82.7 cm³/mol. The number of hydrogen-bond donors (Lipinski definition) is 2. The van der Waals surface area contributed by atoms with Crippen LogP contribution >= 0.6 is 0 Å². The highest BCUT2D eigenvalue weighted by Gasteiger charge is 2.32. The van der Waals surface area contributed by atoms with E-state index in [4.69, 9.17) is 0 Å². The number of carbonyl (C=O) groups is 1. The van der Waals surface area contributed by atoms with Crippen molar-refractivity contribution < 1.29 is 4.79 Å². The molecule has 1 saturated heterocycles. The van der Waals surface area contributed by atoms with Crippen molar-refractivity contribution in [1.82, 2.24) is 10.6 Å². The molecular weight excluding hydrogens is 248 g/mol. The van der Waals surface area contributed by atoms with Gasteiger partial charge in [-0.05, 0) is 58.2 Å². The first-order chi connectivity index (χ1) is 9.51. The van der Waals surface area contributed by atoms with Gasteiger partial charge in [-0.15, -0.1) is 0 Å². The Balaban J connectivity index is 2.00. The monoisotopic (exact) mass is 274 g/mol. The second kappa shape index (κ2) is 6.40. The van der Waals surface area contributed by atoms with Crippen LogP contribution in [0, 0.1) is 5.92 Å². The first-order valence-electron chi connectivity index (χ1n) is 7.59. The molecule has 1 aliphatic rings. The van der Waals surface area contributed by atoms with Crippen LogP contribution in [0.4, 0.5) is 0 Å². The molecule has 20 heavy (non-hydrogen) atoms. The third-order valence-corrected chi connectivity index (χ3v) is 4.51. The molecule has 3 nitrogen and oxygen atoms in total. The quantitative estimate of drug-likeness (QED) is 0.885. The van der Waals surface area contributed by atoms with Gasteiger partial charge in [0, 0.05) is 6.04 Å². The molecule has 0 bridgehead atoms. The second-order valence-electron chi connectivity index (χ2n) is 6.34. The van der Waals surface area contributed by atoms with Crippen LogP contribution in [-0.2, 0) is 10.2 Å². The summed E-state index contributed by atoms with van der Waals surface area (Å²) in [5.41, 5.74) is 0.581. The van der Waals surface area contributed by atoms with E-state index in [-0.39, 0.29) is 11.9 Å². The summed E-state index contributed by atoms with van der Waals surface area (Å²) in [6.07, 6.45) is 2.29. The minimum atomic E-state index is -0.484. The number of piperidine rings is 1. The predicted octanol–water partition coefficient (Wildman–Crippen LogP) is 2.47. The van der Waals surface area contributed by atoms with Crippen molar-refractivity contribution in [3.05, 3.63) is 35.9 Å². The molecular formula is C17H26N2O. The zero-order valence-corrected chi connectivity index (χ0v) is 12.8. The van der Waals surface area contributed by atoms with E-state index >= 15 is 0 Å². The van der Waals surface area contributed by atoms with E-state index in [1.54, 1.807) is 0 Å². The van der Waals surface area contributed by atoms with Crippen molar-refractivity contribution in [2.24, 2.45) is 5.92 Å². The summed E-state index contributed by atoms with van der Waals surface area (Å²) in [5, 5.41) is 6.59. The van der Waals surface area contributed by atoms with Gasteiger partial charge in [0.25, 0.3) is 0 Å². The largest absolute Gasteiger partial charge is 0.353 e. The Hall–Kier alpha value is -1.35. The molecule has 1 aromatic rings. The fourth-order valence-corrected chi connectivity index (χ4v) is 2.84. The number of carbonyl (C=O) groups excluding carboxylic acids is 1. The number of nitrogens with one attached hydrogen (secondary N) is 2. The van der Waals surface area contributed by atoms with Gasteiger partial charge < -0.3 is 10.6 Å². The molecule has 0 aromatic heterocycles. The summed E-state index contributed by atoms with van der Waals surface area (Å²) in [4.78, 5) is 12.6. The van der Waals surface area contributed by atoms with Crippen LogP contribution in [0.3, 0.4) is 0 Å². The van der Waals surface area contributed by atoms with Crippen LogP contribution in [0.15, 0.2) is 30.3 Å². The summed E-state index contributed by atoms with van der Waals surface area (Å²) < 4.78 is 0. The van der Waals surface area contributed by atoms with Gasteiger partial charge in [-0.3, -0.25) is 4.79 Å². The van der Waals surface area contributed by atoms with E-state index in [0.717, 1.165) is 31.5 Å². The van der Waals surface area contributed by atoms with Crippen LogP contribution in [-0.4, -0.2) is 25.0 Å². The molecule has 110 valence electrons. The average molecular weight is 274 g/mol. The molecule has 1 fully saturated rings. The first kappa shape index (κ1) is 15.0. The Morgan fingerprint density at radius 3 is 2.45 bits per heavy atom. The molecule has 2 rings (SSSR count). The van der Waals surface area contributed by atoms with Crippen molar-refractivity contribution in [1.29, 1.82) is 0 Å². The Bertz CT molecular complexity index is 436. The lowest BCUT2D eigenvalue weighted by Crippen LogP contribution is -2.48. The minimum Gasteiger partial charge on any atom is -0.353 e. The third kappa shape index (κ3) is 3.40. The Kier molecular flexibility index (Phi) is 4.81. The van der Waals surface area contributed by atoms with Gasteiger partial charge >= 0.3 is 0 Å². The molecule has 1 amide bonds. The van der Waals surface area contributed by atoms with Crippen LogP contribution in [0.5, 0.6) is 0 Å². The minimum absolute atomic E-state index is 0.120. The normalized spacial score (nSPS) is 18.6. The fourth-order valence-electron chi connectivity index (χ4n) is 2.84. The molecule has 2 N–H and O–H groups in total. The van der Waals surface area contributed by atoms with Gasteiger partial charge in [-0.2, -0.15) is 0 Å². The molecule has 3 heteroatoms. The number of hydrogen-bond acceptors (Lipinski definition) is 2. The van der Waals surface area contributed by atoms with Crippen LogP contribution in [0.2, 0.25) is 0 Å². The lowest BCUT2D eigenvalue weighted by molar-refractivity contribution is -0.126. The van der Waals surface area contributed by atoms with Crippen molar-refractivity contribution in [2.45, 2.75) is 45.1 Å². The highest BCUT2D eigenvalue weighted by Crippen LogP contribution is 2.24. The molecule has 0 spiro atoms. The maximum Gasteiger partial charge on any atom is 0.230 e. The highest BCUT2D eigenvalue weighted by molar-refractivity contribution is 5.87. The van der Waals surface area contributed by atoms with E-state index in [0.29, 0.717) is 5.92 Å². The second-order valence-corrected chi connectivity index (χ2v) is 6.34. The van der Waals surface area contributed by atoms with E-state index in [2.05, 4.69) is 17.6 Å². The van der Waals surface area contributed by atoms with Crippen LogP contribution in [0.1, 0.15) is 39.2 Å². The van der Waals surface area contributed by atoms with Gasteiger partial charge in [-0.1, -0.05) is 30.3 Å². The van der Waals surface area contributed by atoms with Crippen LogP contribution < -0.4 is 10.6 Å². The smallest absolute Gasteiger partial charge is 0.230 e. The molecule has 0 saturated carbocycles. The van der Waals surface area contributed by atoms with Gasteiger partial charge in [-0.25, -0.2) is 0 Å². The SMILES string of the molecule is CC(NC(=O)C(C)(C)c1ccccc1)C1CCNCC1. The Morgan fingerprint density at radius 2 is 1.85 bits per heavy atom. The molecule has 1 heterocycles. The van der Waals surface area contributed by atoms with Crippen LogP contribution in [0.25, 0.3) is 0 Å². The maximum atomic E-state index is 12.6. The van der Waals surface area contributed by atoms with Crippen molar-refractivity contribution in [2.75, 3.05) is 13.1 Å². The molecule has 1 aromatic carbocycles. The topological polar surface area (TPSA) is 41.1 Å². The summed E-state index contributed by atoms with van der Waals surface area (Å²) >= 11 is 0. The standard InChI is InChI=1S/C17H26N2O/c1-13(14-9-11-18-12-10-14)19-16(20)17(2,3)15-7-5-4-6-8-15/h4-8,13-14,18H,9-12H2,1-3H3,(H,19,20). The van der Waals surface area contributed by atoms with E-state index < -0.39 is 5.41 Å². The Morgan fingerprint density at radius 1 is 1.25 bits per heavy atom. The van der Waals surface area contributed by atoms with Crippen molar-refractivity contribution >= 4 is 5.91 Å². The highest BCUT2D eigenvalue weighted by atomic mass is 16.2. The first-order valence-corrected chi connectivity index (χ1v) is 7.59. The molecule has 0 aliphatic carbocycles. The summed E-state index contributed by atoms with van der Waals surface area (Å²) in [7, 11) is 0. The lowest BCUT2D eigenvalue weighted by Gasteiger charge is -2.32. The molecule has 1 aliphatic heterocycles. The summed E-state index contributed by atoms with van der Waals surface area (Å²) in [5.74, 6) is 0.710. The zero-order valence-electron chi connectivity index (χ0n) is 12.8. The van der Waals surface area contributed by atoms with Gasteiger partial charge in [0.15, 0.2) is 0 Å². The van der Waals surface area contributed by atoms with Crippen molar-refractivity contribution in [3.8, 4) is 0 Å². The molecule has 1 unspecified atom stereocenters. The zero-order chi connectivity index (χ0) is 14.6. The van der Waals surface area contributed by atoms with Gasteiger partial charge in [0.2, 0.25) is 5.91 Å². The fraction of sp³-hybridized carbons (Fsp3) is 0.588.